The normalized spacial score (nSPS) is 25.2. The summed E-state index contributed by atoms with van der Waals surface area (Å²) < 4.78 is 5.38. The molecule has 2 amide bonds. The van der Waals surface area contributed by atoms with E-state index in [1.807, 2.05) is 13.8 Å². The number of carbonyl (C=O) groups excluding carboxylic acids is 1. The van der Waals surface area contributed by atoms with Crippen LogP contribution in [0, 0.1) is 0 Å². The van der Waals surface area contributed by atoms with Crippen molar-refractivity contribution in [3.63, 3.8) is 0 Å². The van der Waals surface area contributed by atoms with Crippen molar-refractivity contribution in [3.8, 4) is 0 Å². The Morgan fingerprint density at radius 3 is 2.78 bits per heavy atom. The molecular weight excluding hydrogens is 236 g/mol. The third kappa shape index (κ3) is 4.91. The molecule has 1 aliphatic heterocycles. The number of urea groups is 1. The molecule has 6 nitrogen and oxygen atoms in total. The van der Waals surface area contributed by atoms with Crippen LogP contribution in [0.15, 0.2) is 0 Å². The van der Waals surface area contributed by atoms with Gasteiger partial charge in [0.15, 0.2) is 0 Å². The van der Waals surface area contributed by atoms with Gasteiger partial charge in [0.25, 0.3) is 0 Å². The molecule has 0 aromatic carbocycles. The maximum Gasteiger partial charge on any atom is 0.326 e. The summed E-state index contributed by atoms with van der Waals surface area (Å²) in [7, 11) is 0. The lowest BCUT2D eigenvalue weighted by Crippen LogP contribution is -2.50. The molecule has 1 fully saturated rings. The van der Waals surface area contributed by atoms with Gasteiger partial charge in [-0.15, -0.1) is 0 Å². The molecule has 3 unspecified atom stereocenters. The Morgan fingerprint density at radius 2 is 2.22 bits per heavy atom. The second-order valence-corrected chi connectivity index (χ2v) is 4.70. The Balaban J connectivity index is 2.37. The first-order valence-corrected chi connectivity index (χ1v) is 6.44. The summed E-state index contributed by atoms with van der Waals surface area (Å²) in [6.07, 6.45) is 2.82. The number of rotatable bonds is 5. The fraction of sp³-hybridized carbons (Fsp3) is 0.833. The molecule has 0 radical (unpaired) electrons. The summed E-state index contributed by atoms with van der Waals surface area (Å²) in [6.45, 7) is 4.47. The van der Waals surface area contributed by atoms with Crippen LogP contribution in [0.2, 0.25) is 0 Å². The molecule has 0 aliphatic carbocycles. The molecule has 1 heterocycles. The zero-order valence-corrected chi connectivity index (χ0v) is 10.9. The Morgan fingerprint density at radius 1 is 1.50 bits per heavy atom. The third-order valence-electron chi connectivity index (χ3n) is 3.00. The topological polar surface area (TPSA) is 87.7 Å². The summed E-state index contributed by atoms with van der Waals surface area (Å²) in [4.78, 5) is 22.6. The van der Waals surface area contributed by atoms with Crippen molar-refractivity contribution >= 4 is 12.0 Å². The van der Waals surface area contributed by atoms with E-state index in [1.54, 1.807) is 0 Å². The highest BCUT2D eigenvalue weighted by Gasteiger charge is 2.23. The van der Waals surface area contributed by atoms with E-state index in [4.69, 9.17) is 9.84 Å². The van der Waals surface area contributed by atoms with Crippen LogP contribution in [0.25, 0.3) is 0 Å². The number of carboxylic acid groups (broad SMARTS) is 1. The van der Waals surface area contributed by atoms with Crippen molar-refractivity contribution in [2.75, 3.05) is 6.61 Å². The smallest absolute Gasteiger partial charge is 0.326 e. The van der Waals surface area contributed by atoms with Crippen LogP contribution in [0.1, 0.15) is 39.5 Å². The molecule has 0 spiro atoms. The van der Waals surface area contributed by atoms with Gasteiger partial charge < -0.3 is 20.5 Å². The Hall–Kier alpha value is -1.30. The molecule has 1 rings (SSSR count). The summed E-state index contributed by atoms with van der Waals surface area (Å²) in [5.41, 5.74) is 0. The minimum atomic E-state index is -0.993. The van der Waals surface area contributed by atoms with E-state index in [0.717, 1.165) is 12.8 Å². The van der Waals surface area contributed by atoms with Crippen molar-refractivity contribution in [3.05, 3.63) is 0 Å². The highest BCUT2D eigenvalue weighted by molar-refractivity contribution is 5.82. The van der Waals surface area contributed by atoms with Crippen LogP contribution in [0.4, 0.5) is 4.79 Å². The van der Waals surface area contributed by atoms with Gasteiger partial charge in [-0.05, 0) is 26.2 Å². The van der Waals surface area contributed by atoms with Gasteiger partial charge in [0.1, 0.15) is 6.04 Å². The summed E-state index contributed by atoms with van der Waals surface area (Å²) in [5.74, 6) is -0.993. The van der Waals surface area contributed by atoms with Crippen LogP contribution < -0.4 is 10.6 Å². The fourth-order valence-corrected chi connectivity index (χ4v) is 2.06. The molecule has 0 aromatic heterocycles. The number of hydrogen-bond donors (Lipinski definition) is 3. The molecule has 6 heteroatoms. The molecule has 3 N–H and O–H groups in total. The molecule has 0 aromatic rings. The Labute approximate surface area is 107 Å². The van der Waals surface area contributed by atoms with Crippen molar-refractivity contribution in [2.45, 2.75) is 57.7 Å². The van der Waals surface area contributed by atoms with Gasteiger partial charge in [-0.1, -0.05) is 13.3 Å². The van der Waals surface area contributed by atoms with Gasteiger partial charge >= 0.3 is 12.0 Å². The highest BCUT2D eigenvalue weighted by Crippen LogP contribution is 2.12. The molecule has 18 heavy (non-hydrogen) atoms. The zero-order chi connectivity index (χ0) is 13.5. The number of carbonyl (C=O) groups is 2. The first-order valence-electron chi connectivity index (χ1n) is 6.44. The van der Waals surface area contributed by atoms with Crippen LogP contribution in [0.3, 0.4) is 0 Å². The number of amides is 2. The number of hydrogen-bond acceptors (Lipinski definition) is 3. The molecule has 1 saturated heterocycles. The third-order valence-corrected chi connectivity index (χ3v) is 3.00. The number of nitrogens with one attached hydrogen (secondary N) is 2. The van der Waals surface area contributed by atoms with Crippen LogP contribution >= 0.6 is 0 Å². The first-order chi connectivity index (χ1) is 8.52. The van der Waals surface area contributed by atoms with Crippen molar-refractivity contribution in [2.24, 2.45) is 0 Å². The van der Waals surface area contributed by atoms with E-state index in [0.29, 0.717) is 19.4 Å². The summed E-state index contributed by atoms with van der Waals surface area (Å²) in [6, 6.07) is -1.16. The average molecular weight is 258 g/mol. The Kier molecular flexibility index (Phi) is 5.91. The van der Waals surface area contributed by atoms with Gasteiger partial charge in [0.05, 0.1) is 6.10 Å². The fourth-order valence-electron chi connectivity index (χ4n) is 2.06. The molecule has 0 bridgehead atoms. The number of aliphatic carboxylic acids is 1. The van der Waals surface area contributed by atoms with Crippen LogP contribution in [0.5, 0.6) is 0 Å². The van der Waals surface area contributed by atoms with Gasteiger partial charge in [-0.25, -0.2) is 9.59 Å². The quantitative estimate of drug-likeness (QED) is 0.689. The minimum absolute atomic E-state index is 0.0600. The zero-order valence-electron chi connectivity index (χ0n) is 10.9. The van der Waals surface area contributed by atoms with Gasteiger partial charge in [0, 0.05) is 12.6 Å². The SMILES string of the molecule is CCCC(NC(=O)NC1CCOC(C)C1)C(=O)O. The predicted molar refractivity (Wildman–Crippen MR) is 66.4 cm³/mol. The summed E-state index contributed by atoms with van der Waals surface area (Å²) >= 11 is 0. The lowest BCUT2D eigenvalue weighted by atomic mass is 10.0. The lowest BCUT2D eigenvalue weighted by molar-refractivity contribution is -0.139. The maximum atomic E-state index is 11.7. The molecule has 3 atom stereocenters. The van der Waals surface area contributed by atoms with Crippen LogP contribution in [-0.2, 0) is 9.53 Å². The molecule has 1 aliphatic rings. The van der Waals surface area contributed by atoms with Gasteiger partial charge in [-0.2, -0.15) is 0 Å². The average Bonchev–Trinajstić information content (AvgIpc) is 2.28. The van der Waals surface area contributed by atoms with E-state index in [9.17, 15) is 9.59 Å². The monoisotopic (exact) mass is 258 g/mol. The molecule has 104 valence electrons. The molecular formula is C12H22N2O4. The second-order valence-electron chi connectivity index (χ2n) is 4.70. The van der Waals surface area contributed by atoms with E-state index in [-0.39, 0.29) is 12.1 Å². The standard InChI is InChI=1S/C12H22N2O4/c1-3-4-10(11(15)16)14-12(17)13-9-5-6-18-8(2)7-9/h8-10H,3-7H2,1-2H3,(H,15,16)(H2,13,14,17). The van der Waals surface area contributed by atoms with Crippen molar-refractivity contribution in [1.29, 1.82) is 0 Å². The summed E-state index contributed by atoms with van der Waals surface area (Å²) in [5, 5.41) is 14.2. The minimum Gasteiger partial charge on any atom is -0.480 e. The van der Waals surface area contributed by atoms with Crippen molar-refractivity contribution < 1.29 is 19.4 Å². The van der Waals surface area contributed by atoms with Crippen LogP contribution in [-0.4, -0.2) is 41.9 Å². The molecule has 0 saturated carbocycles. The number of ether oxygens (including phenoxy) is 1. The Bertz CT molecular complexity index is 296. The van der Waals surface area contributed by atoms with Crippen molar-refractivity contribution in [1.82, 2.24) is 10.6 Å². The largest absolute Gasteiger partial charge is 0.480 e. The second kappa shape index (κ2) is 7.20. The van der Waals surface area contributed by atoms with E-state index >= 15 is 0 Å². The van der Waals surface area contributed by atoms with E-state index < -0.39 is 18.0 Å². The predicted octanol–water partition coefficient (Wildman–Crippen LogP) is 1.11. The van der Waals surface area contributed by atoms with E-state index in [2.05, 4.69) is 10.6 Å². The number of carboxylic acids is 1. The maximum absolute atomic E-state index is 11.7. The van der Waals surface area contributed by atoms with Gasteiger partial charge in [0.2, 0.25) is 0 Å². The first kappa shape index (κ1) is 14.8. The lowest BCUT2D eigenvalue weighted by Gasteiger charge is -2.28. The van der Waals surface area contributed by atoms with E-state index in [1.165, 1.54) is 0 Å². The highest BCUT2D eigenvalue weighted by atomic mass is 16.5. The van der Waals surface area contributed by atoms with Gasteiger partial charge in [-0.3, -0.25) is 0 Å².